The van der Waals surface area contributed by atoms with Crippen LogP contribution >= 0.6 is 0 Å². The maximum atomic E-state index is 12.5. The van der Waals surface area contributed by atoms with Crippen LogP contribution in [-0.4, -0.2) is 38.3 Å². The van der Waals surface area contributed by atoms with Gasteiger partial charge in [-0.25, -0.2) is 8.42 Å². The number of carbonyl (C=O) groups is 1. The summed E-state index contributed by atoms with van der Waals surface area (Å²) < 4.78 is 31.7. The molecule has 0 saturated carbocycles. The zero-order valence-electron chi connectivity index (χ0n) is 14.6. The molecule has 1 amide bonds. The zero-order chi connectivity index (χ0) is 18.6. The van der Waals surface area contributed by atoms with Gasteiger partial charge in [0, 0.05) is 18.8 Å². The molecule has 2 heterocycles. The van der Waals surface area contributed by atoms with Crippen LogP contribution in [0.15, 0.2) is 52.0 Å². The third kappa shape index (κ3) is 4.32. The van der Waals surface area contributed by atoms with E-state index in [-0.39, 0.29) is 23.4 Å². The van der Waals surface area contributed by atoms with Crippen molar-refractivity contribution in [2.24, 2.45) is 0 Å². The molecule has 2 N–H and O–H groups in total. The number of hydrogen-bond donors (Lipinski definition) is 2. The van der Waals surface area contributed by atoms with Crippen molar-refractivity contribution in [3.63, 3.8) is 0 Å². The minimum Gasteiger partial charge on any atom is -0.468 e. The van der Waals surface area contributed by atoms with E-state index < -0.39 is 10.0 Å². The van der Waals surface area contributed by atoms with E-state index in [1.54, 1.807) is 24.5 Å². The van der Waals surface area contributed by atoms with Crippen LogP contribution in [0.2, 0.25) is 0 Å². The summed E-state index contributed by atoms with van der Waals surface area (Å²) in [4.78, 5) is 12.3. The number of sulfonamides is 1. The topological polar surface area (TPSA) is 91.7 Å². The zero-order valence-corrected chi connectivity index (χ0v) is 15.5. The fraction of sp³-hybridized carbons (Fsp3) is 0.389. The highest BCUT2D eigenvalue weighted by Crippen LogP contribution is 2.22. The number of nitrogens with zero attached hydrogens (tertiary/aromatic N) is 1. The Kier molecular flexibility index (Phi) is 5.75. The van der Waals surface area contributed by atoms with Gasteiger partial charge in [0.1, 0.15) is 5.76 Å². The number of furan rings is 1. The van der Waals surface area contributed by atoms with Gasteiger partial charge in [0.25, 0.3) is 0 Å². The highest BCUT2D eigenvalue weighted by atomic mass is 32.2. The number of carbonyl (C=O) groups excluding carboxylic acids is 1. The lowest BCUT2D eigenvalue weighted by Gasteiger charge is -2.16. The molecule has 1 saturated heterocycles. The van der Waals surface area contributed by atoms with Crippen molar-refractivity contribution in [1.29, 1.82) is 0 Å². The Morgan fingerprint density at radius 3 is 2.50 bits per heavy atom. The monoisotopic (exact) mass is 377 g/mol. The second kappa shape index (κ2) is 8.03. The van der Waals surface area contributed by atoms with Gasteiger partial charge in [0.15, 0.2) is 0 Å². The smallest absolute Gasteiger partial charge is 0.243 e. The van der Waals surface area contributed by atoms with E-state index in [9.17, 15) is 13.2 Å². The van der Waals surface area contributed by atoms with Crippen molar-refractivity contribution >= 4 is 21.6 Å². The van der Waals surface area contributed by atoms with Crippen LogP contribution in [0.4, 0.5) is 5.69 Å². The van der Waals surface area contributed by atoms with E-state index in [1.165, 1.54) is 16.4 Å². The lowest BCUT2D eigenvalue weighted by molar-refractivity contribution is -0.115. The average Bonchev–Trinajstić information content (AvgIpc) is 3.33. The summed E-state index contributed by atoms with van der Waals surface area (Å²) in [7, 11) is -3.43. The molecule has 0 radical (unpaired) electrons. The number of benzene rings is 1. The molecular weight excluding hydrogens is 354 g/mol. The van der Waals surface area contributed by atoms with Crippen molar-refractivity contribution < 1.29 is 17.6 Å². The Bertz CT molecular complexity index is 826. The number of anilines is 1. The predicted molar refractivity (Wildman–Crippen MR) is 98.2 cm³/mol. The van der Waals surface area contributed by atoms with Crippen LogP contribution in [0.5, 0.6) is 0 Å². The highest BCUT2D eigenvalue weighted by molar-refractivity contribution is 7.89. The summed E-state index contributed by atoms with van der Waals surface area (Å²) in [5.74, 6) is 0.549. The summed E-state index contributed by atoms with van der Waals surface area (Å²) in [6.07, 6.45) is 3.39. The molecule has 0 aliphatic carbocycles. The Balaban J connectivity index is 1.54. The minimum absolute atomic E-state index is 0.0799. The van der Waals surface area contributed by atoms with Gasteiger partial charge in [-0.1, -0.05) is 0 Å². The highest BCUT2D eigenvalue weighted by Gasteiger charge is 2.26. The van der Waals surface area contributed by atoms with Gasteiger partial charge in [-0.05, 0) is 56.2 Å². The number of hydrogen-bond acceptors (Lipinski definition) is 5. The average molecular weight is 377 g/mol. The van der Waals surface area contributed by atoms with Crippen molar-refractivity contribution in [1.82, 2.24) is 9.62 Å². The molecule has 26 heavy (non-hydrogen) atoms. The molecule has 1 fully saturated rings. The number of amides is 1. The van der Waals surface area contributed by atoms with Crippen molar-refractivity contribution in [3.8, 4) is 0 Å². The first kappa shape index (κ1) is 18.6. The lowest BCUT2D eigenvalue weighted by Crippen LogP contribution is -2.30. The Hall–Kier alpha value is -2.16. The standard InChI is InChI=1S/C18H23N3O4S/c1-14(17-5-4-12-25-17)19-13-18(22)20-15-6-8-16(9-7-15)26(23,24)21-10-2-3-11-21/h4-9,12,14,19H,2-3,10-11,13H2,1H3,(H,20,22)/t14-/m1/s1. The van der Waals surface area contributed by atoms with Gasteiger partial charge in [-0.2, -0.15) is 4.31 Å². The molecule has 3 rings (SSSR count). The molecule has 0 unspecified atom stereocenters. The van der Waals surface area contributed by atoms with Gasteiger partial charge in [-0.15, -0.1) is 0 Å². The Morgan fingerprint density at radius 2 is 1.88 bits per heavy atom. The number of rotatable bonds is 7. The maximum Gasteiger partial charge on any atom is 0.243 e. The number of nitrogens with one attached hydrogen (secondary N) is 2. The van der Waals surface area contributed by atoms with Gasteiger partial charge in [0.05, 0.1) is 23.7 Å². The first-order chi connectivity index (χ1) is 12.5. The minimum atomic E-state index is -3.43. The fourth-order valence-corrected chi connectivity index (χ4v) is 4.39. The third-order valence-electron chi connectivity index (χ3n) is 4.38. The molecular formula is C18H23N3O4S. The Labute approximate surface area is 153 Å². The predicted octanol–water partition coefficient (Wildman–Crippen LogP) is 2.35. The van der Waals surface area contributed by atoms with Crippen LogP contribution in [0.3, 0.4) is 0 Å². The van der Waals surface area contributed by atoms with Gasteiger partial charge in [0.2, 0.25) is 15.9 Å². The summed E-state index contributed by atoms with van der Waals surface area (Å²) in [5, 5.41) is 5.82. The first-order valence-electron chi connectivity index (χ1n) is 8.63. The van der Waals surface area contributed by atoms with Crippen LogP contribution in [0, 0.1) is 0 Å². The molecule has 140 valence electrons. The van der Waals surface area contributed by atoms with Crippen LogP contribution in [0.25, 0.3) is 0 Å². The van der Waals surface area contributed by atoms with Gasteiger partial charge in [-0.3, -0.25) is 10.1 Å². The maximum absolute atomic E-state index is 12.5. The van der Waals surface area contributed by atoms with E-state index >= 15 is 0 Å². The summed E-state index contributed by atoms with van der Waals surface area (Å²) in [6, 6.07) is 9.84. The van der Waals surface area contributed by atoms with Crippen LogP contribution in [-0.2, 0) is 14.8 Å². The Morgan fingerprint density at radius 1 is 1.19 bits per heavy atom. The second-order valence-electron chi connectivity index (χ2n) is 6.30. The fourth-order valence-electron chi connectivity index (χ4n) is 2.88. The molecule has 1 atom stereocenters. The lowest BCUT2D eigenvalue weighted by atomic mass is 10.2. The SMILES string of the molecule is C[C@@H](NCC(=O)Nc1ccc(S(=O)(=O)N2CCCC2)cc1)c1ccco1. The summed E-state index contributed by atoms with van der Waals surface area (Å²) in [5.41, 5.74) is 0.558. The van der Waals surface area contributed by atoms with Gasteiger partial charge < -0.3 is 9.73 Å². The van der Waals surface area contributed by atoms with Crippen LogP contribution in [0.1, 0.15) is 31.6 Å². The van der Waals surface area contributed by atoms with Crippen molar-refractivity contribution in [2.45, 2.75) is 30.7 Å². The third-order valence-corrected chi connectivity index (χ3v) is 6.29. The molecule has 1 aliphatic rings. The van der Waals surface area contributed by atoms with Crippen LogP contribution < -0.4 is 10.6 Å². The van der Waals surface area contributed by atoms with E-state index in [4.69, 9.17) is 4.42 Å². The normalized spacial score (nSPS) is 16.5. The van der Waals surface area contributed by atoms with Crippen molar-refractivity contribution in [3.05, 3.63) is 48.4 Å². The molecule has 0 bridgehead atoms. The molecule has 8 heteroatoms. The molecule has 2 aromatic rings. The van der Waals surface area contributed by atoms with E-state index in [0.29, 0.717) is 18.8 Å². The largest absolute Gasteiger partial charge is 0.468 e. The van der Waals surface area contributed by atoms with E-state index in [2.05, 4.69) is 10.6 Å². The quantitative estimate of drug-likeness (QED) is 0.773. The van der Waals surface area contributed by atoms with E-state index in [1.807, 2.05) is 13.0 Å². The molecule has 1 aromatic heterocycles. The molecule has 1 aromatic carbocycles. The van der Waals surface area contributed by atoms with E-state index in [0.717, 1.165) is 18.6 Å². The molecule has 7 nitrogen and oxygen atoms in total. The molecule has 1 aliphatic heterocycles. The van der Waals surface area contributed by atoms with Crippen molar-refractivity contribution in [2.75, 3.05) is 25.0 Å². The van der Waals surface area contributed by atoms with Gasteiger partial charge >= 0.3 is 0 Å². The summed E-state index contributed by atoms with van der Waals surface area (Å²) in [6.45, 7) is 3.17. The molecule has 0 spiro atoms. The second-order valence-corrected chi connectivity index (χ2v) is 8.24. The summed E-state index contributed by atoms with van der Waals surface area (Å²) >= 11 is 0. The first-order valence-corrected chi connectivity index (χ1v) is 10.1.